The van der Waals surface area contributed by atoms with Crippen LogP contribution < -0.4 is 5.32 Å². The smallest absolute Gasteiger partial charge is 0.355 e. The fourth-order valence-electron chi connectivity index (χ4n) is 1.12. The summed E-state index contributed by atoms with van der Waals surface area (Å²) >= 11 is 1.05. The second kappa shape index (κ2) is 10.4. The van der Waals surface area contributed by atoms with Crippen LogP contribution in [-0.4, -0.2) is 31.4 Å². The van der Waals surface area contributed by atoms with Gasteiger partial charge in [0.15, 0.2) is 5.57 Å². The summed E-state index contributed by atoms with van der Waals surface area (Å²) in [5.74, 6) is -1.52. The Kier molecular flexibility index (Phi) is 9.14. The summed E-state index contributed by atoms with van der Waals surface area (Å²) in [6.07, 6.45) is 2.54. The first kappa shape index (κ1) is 18.6. The number of ether oxygens (including phenoxy) is 2. The van der Waals surface area contributed by atoms with Gasteiger partial charge in [0, 0.05) is 0 Å². The van der Waals surface area contributed by atoms with Crippen molar-refractivity contribution < 1.29 is 19.1 Å². The molecule has 0 atom stereocenters. The molecule has 0 bridgehead atoms. The third kappa shape index (κ3) is 6.50. The lowest BCUT2D eigenvalue weighted by Crippen LogP contribution is -2.23. The second-order valence-corrected chi connectivity index (χ2v) is 4.10. The Labute approximate surface area is 127 Å². The zero-order valence-corrected chi connectivity index (χ0v) is 12.7. The number of esters is 2. The first-order valence-corrected chi connectivity index (χ1v) is 7.17. The number of carbonyl (C=O) groups is 2. The second-order valence-electron chi connectivity index (χ2n) is 3.29. The van der Waals surface area contributed by atoms with Crippen molar-refractivity contribution in [3.63, 3.8) is 0 Å². The molecule has 0 rings (SSSR count). The number of carbonyl (C=O) groups excluding carboxylic acids is 2. The van der Waals surface area contributed by atoms with Crippen LogP contribution in [-0.2, 0) is 19.1 Å². The van der Waals surface area contributed by atoms with E-state index in [2.05, 4.69) is 5.32 Å². The molecule has 0 amide bonds. The Balaban J connectivity index is 5.48. The molecule has 0 heterocycles. The number of nitriles is 2. The van der Waals surface area contributed by atoms with Gasteiger partial charge in [-0.1, -0.05) is 0 Å². The van der Waals surface area contributed by atoms with Crippen LogP contribution in [0.3, 0.4) is 0 Å². The number of allylic oxidation sites excluding steroid dienone is 1. The molecule has 0 spiro atoms. The van der Waals surface area contributed by atoms with E-state index in [1.54, 1.807) is 32.2 Å². The van der Waals surface area contributed by atoms with E-state index in [0.717, 1.165) is 17.8 Å². The number of rotatable bonds is 7. The summed E-state index contributed by atoms with van der Waals surface area (Å²) < 4.78 is 9.51. The third-order valence-corrected chi connectivity index (χ3v) is 2.66. The largest absolute Gasteiger partial charge is 0.463 e. The van der Waals surface area contributed by atoms with E-state index >= 15 is 0 Å². The molecule has 7 nitrogen and oxygen atoms in total. The fourth-order valence-corrected chi connectivity index (χ4v) is 1.63. The Morgan fingerprint density at radius 2 is 1.76 bits per heavy atom. The molecule has 0 fully saturated rings. The molecule has 0 saturated heterocycles. The lowest BCUT2D eigenvalue weighted by Gasteiger charge is -2.11. The molecule has 0 aromatic rings. The fraction of sp³-hybridized carbons (Fsp3) is 0.385. The highest BCUT2D eigenvalue weighted by Crippen LogP contribution is 2.15. The van der Waals surface area contributed by atoms with Crippen LogP contribution >= 0.6 is 11.8 Å². The molecule has 8 heteroatoms. The van der Waals surface area contributed by atoms with Gasteiger partial charge in [-0.2, -0.15) is 10.5 Å². The highest BCUT2D eigenvalue weighted by atomic mass is 32.2. The predicted molar refractivity (Wildman–Crippen MR) is 76.3 cm³/mol. The Morgan fingerprint density at radius 1 is 1.19 bits per heavy atom. The summed E-state index contributed by atoms with van der Waals surface area (Å²) in [5, 5.41) is 20.4. The highest BCUT2D eigenvalue weighted by molar-refractivity contribution is 8.02. The molecule has 0 unspecified atom stereocenters. The van der Waals surface area contributed by atoms with Gasteiger partial charge in [-0.3, -0.25) is 0 Å². The maximum atomic E-state index is 11.8. The van der Waals surface area contributed by atoms with E-state index in [9.17, 15) is 9.59 Å². The molecular weight excluding hydrogens is 294 g/mol. The van der Waals surface area contributed by atoms with E-state index in [1.807, 2.05) is 0 Å². The van der Waals surface area contributed by atoms with E-state index in [1.165, 1.54) is 0 Å². The number of thioether (sulfide) groups is 1. The molecule has 0 aliphatic carbocycles. The Morgan fingerprint density at radius 3 is 2.19 bits per heavy atom. The average molecular weight is 309 g/mol. The van der Waals surface area contributed by atoms with Crippen LogP contribution in [0, 0.1) is 22.7 Å². The molecular formula is C13H15N3O4S. The maximum absolute atomic E-state index is 11.8. The zero-order valence-electron chi connectivity index (χ0n) is 11.9. The average Bonchev–Trinajstić information content (AvgIpc) is 2.46. The lowest BCUT2D eigenvalue weighted by atomic mass is 10.3. The molecule has 112 valence electrons. The SMILES string of the molecule is CCOC(=O)/C=C(/NC(SC)=C(C#N)C#N)C(=O)OCC. The summed E-state index contributed by atoms with van der Waals surface area (Å²) in [5.41, 5.74) is -0.413. The highest BCUT2D eigenvalue weighted by Gasteiger charge is 2.16. The lowest BCUT2D eigenvalue weighted by molar-refractivity contribution is -0.141. The van der Waals surface area contributed by atoms with Crippen LogP contribution in [0.15, 0.2) is 22.4 Å². The van der Waals surface area contributed by atoms with Crippen LogP contribution in [0.1, 0.15) is 13.8 Å². The Hall–Kier alpha value is -2.45. The molecule has 0 radical (unpaired) electrons. The van der Waals surface area contributed by atoms with E-state index < -0.39 is 11.9 Å². The van der Waals surface area contributed by atoms with Crippen molar-refractivity contribution >= 4 is 23.7 Å². The van der Waals surface area contributed by atoms with Crippen molar-refractivity contribution in [2.24, 2.45) is 0 Å². The molecule has 0 saturated carbocycles. The predicted octanol–water partition coefficient (Wildman–Crippen LogP) is 1.21. The maximum Gasteiger partial charge on any atom is 0.355 e. The van der Waals surface area contributed by atoms with Crippen LogP contribution in [0.25, 0.3) is 0 Å². The van der Waals surface area contributed by atoms with Crippen molar-refractivity contribution in [2.45, 2.75) is 13.8 Å². The van der Waals surface area contributed by atoms with Gasteiger partial charge < -0.3 is 14.8 Å². The zero-order chi connectivity index (χ0) is 16.3. The number of hydrogen-bond acceptors (Lipinski definition) is 8. The minimum Gasteiger partial charge on any atom is -0.463 e. The molecule has 0 aromatic heterocycles. The normalized spacial score (nSPS) is 9.86. The molecule has 1 N–H and O–H groups in total. The van der Waals surface area contributed by atoms with Gasteiger partial charge in [-0.15, -0.1) is 11.8 Å². The van der Waals surface area contributed by atoms with E-state index in [0.29, 0.717) is 0 Å². The molecule has 0 aromatic carbocycles. The van der Waals surface area contributed by atoms with Gasteiger partial charge in [0.2, 0.25) is 0 Å². The van der Waals surface area contributed by atoms with Gasteiger partial charge in [0.25, 0.3) is 0 Å². The molecule has 0 aliphatic heterocycles. The van der Waals surface area contributed by atoms with Gasteiger partial charge >= 0.3 is 11.9 Å². The van der Waals surface area contributed by atoms with Crippen molar-refractivity contribution in [3.8, 4) is 12.1 Å². The van der Waals surface area contributed by atoms with Crippen LogP contribution in [0.5, 0.6) is 0 Å². The first-order valence-electron chi connectivity index (χ1n) is 5.94. The van der Waals surface area contributed by atoms with Gasteiger partial charge in [0.05, 0.1) is 19.3 Å². The number of nitrogens with one attached hydrogen (secondary N) is 1. The molecule has 21 heavy (non-hydrogen) atoms. The number of hydrogen-bond donors (Lipinski definition) is 1. The van der Waals surface area contributed by atoms with Crippen molar-refractivity contribution in [1.82, 2.24) is 5.32 Å². The van der Waals surface area contributed by atoms with Crippen LogP contribution in [0.4, 0.5) is 0 Å². The van der Waals surface area contributed by atoms with Crippen molar-refractivity contribution in [1.29, 1.82) is 10.5 Å². The van der Waals surface area contributed by atoms with Crippen molar-refractivity contribution in [2.75, 3.05) is 19.5 Å². The summed E-state index contributed by atoms with van der Waals surface area (Å²) in [4.78, 5) is 23.2. The number of nitrogens with zero attached hydrogens (tertiary/aromatic N) is 2. The minimum atomic E-state index is -0.785. The summed E-state index contributed by atoms with van der Waals surface area (Å²) in [6.45, 7) is 3.50. The van der Waals surface area contributed by atoms with E-state index in [-0.39, 0.29) is 29.5 Å². The van der Waals surface area contributed by atoms with Crippen LogP contribution in [0.2, 0.25) is 0 Å². The monoisotopic (exact) mass is 309 g/mol. The quantitative estimate of drug-likeness (QED) is 0.424. The summed E-state index contributed by atoms with van der Waals surface area (Å²) in [6, 6.07) is 3.39. The van der Waals surface area contributed by atoms with E-state index in [4.69, 9.17) is 20.0 Å². The van der Waals surface area contributed by atoms with Crippen molar-refractivity contribution in [3.05, 3.63) is 22.4 Å². The van der Waals surface area contributed by atoms with Gasteiger partial charge in [-0.25, -0.2) is 9.59 Å². The minimum absolute atomic E-state index is 0.113. The topological polar surface area (TPSA) is 112 Å². The standard InChI is InChI=1S/C13H15N3O4S/c1-4-19-11(17)6-10(13(18)20-5-2)16-12(21-3)9(7-14)8-15/h6,16H,4-5H2,1-3H3/b10-6+. The van der Waals surface area contributed by atoms with Gasteiger partial charge in [-0.05, 0) is 20.1 Å². The molecule has 0 aliphatic rings. The first-order chi connectivity index (χ1) is 10.0. The Bertz CT molecular complexity index is 525. The third-order valence-electron chi connectivity index (χ3n) is 1.95. The summed E-state index contributed by atoms with van der Waals surface area (Å²) in [7, 11) is 0. The van der Waals surface area contributed by atoms with Gasteiger partial charge in [0.1, 0.15) is 22.9 Å².